The summed E-state index contributed by atoms with van der Waals surface area (Å²) in [5.41, 5.74) is 6.03. The fourth-order valence-electron chi connectivity index (χ4n) is 1.78. The first-order valence-electron chi connectivity index (χ1n) is 5.83. The van der Waals surface area contributed by atoms with E-state index in [0.717, 1.165) is 0 Å². The summed E-state index contributed by atoms with van der Waals surface area (Å²) in [6.07, 6.45) is -0.545. The molecule has 2 N–H and O–H groups in total. The van der Waals surface area contributed by atoms with Crippen LogP contribution in [0.5, 0.6) is 0 Å². The van der Waals surface area contributed by atoms with E-state index in [1.54, 1.807) is 4.90 Å². The van der Waals surface area contributed by atoms with Gasteiger partial charge in [0.15, 0.2) is 6.10 Å². The van der Waals surface area contributed by atoms with Crippen LogP contribution in [-0.4, -0.2) is 43.2 Å². The molecule has 2 rings (SSSR count). The quantitative estimate of drug-likeness (QED) is 0.753. The molecule has 98 valence electrons. The first-order chi connectivity index (χ1) is 9.26. The van der Waals surface area contributed by atoms with Gasteiger partial charge in [0.25, 0.3) is 5.91 Å². The van der Waals surface area contributed by atoms with Crippen LogP contribution in [0.1, 0.15) is 15.2 Å². The average molecular weight is 275 g/mol. The van der Waals surface area contributed by atoms with Crippen molar-refractivity contribution in [1.29, 1.82) is 5.26 Å². The van der Waals surface area contributed by atoms with Crippen molar-refractivity contribution in [2.24, 2.45) is 5.73 Å². The maximum atomic E-state index is 12.4. The average Bonchev–Trinajstić information content (AvgIpc) is 2.92. The summed E-state index contributed by atoms with van der Waals surface area (Å²) in [6.45, 7) is 1.45. The van der Waals surface area contributed by atoms with Crippen molar-refractivity contribution in [1.82, 2.24) is 4.90 Å². The molecule has 0 saturated carbocycles. The summed E-state index contributed by atoms with van der Waals surface area (Å²) in [4.78, 5) is 14.6. The predicted octanol–water partition coefficient (Wildman–Crippen LogP) is 0.423. The Bertz CT molecular complexity index is 564. The molecule has 5 nitrogen and oxygen atoms in total. The smallest absolute Gasteiger partial charge is 0.265 e. The predicted molar refractivity (Wildman–Crippen MR) is 71.5 cm³/mol. The lowest BCUT2D eigenvalue weighted by atomic mass is 10.2. The molecule has 1 unspecified atom stereocenters. The third-order valence-corrected chi connectivity index (χ3v) is 3.58. The van der Waals surface area contributed by atoms with Crippen LogP contribution in [-0.2, 0) is 4.74 Å². The maximum Gasteiger partial charge on any atom is 0.265 e. The lowest BCUT2D eigenvalue weighted by Gasteiger charge is -2.29. The lowest BCUT2D eigenvalue weighted by molar-refractivity contribution is 0.00368. The molecule has 0 radical (unpaired) electrons. The van der Waals surface area contributed by atoms with Crippen molar-refractivity contribution in [3.05, 3.63) is 21.9 Å². The highest BCUT2D eigenvalue weighted by atomic mass is 32.1. The van der Waals surface area contributed by atoms with Crippen LogP contribution in [0.2, 0.25) is 0 Å². The maximum absolute atomic E-state index is 12.4. The molecule has 1 aromatic rings. The second-order valence-electron chi connectivity index (χ2n) is 3.91. The van der Waals surface area contributed by atoms with E-state index >= 15 is 0 Å². The Hall–Kier alpha value is -1.86. The van der Waals surface area contributed by atoms with Gasteiger partial charge < -0.3 is 15.4 Å². The minimum Gasteiger partial charge on any atom is -0.360 e. The van der Waals surface area contributed by atoms with Crippen LogP contribution in [0.4, 0.5) is 0 Å². The van der Waals surface area contributed by atoms with Gasteiger partial charge in [-0.05, 0) is 11.4 Å². The molecule has 1 aromatic heterocycles. The number of hydrogen-bond acceptors (Lipinski definition) is 5. The number of carbonyl (C=O) groups is 1. The van der Waals surface area contributed by atoms with E-state index in [0.29, 0.717) is 30.1 Å². The molecule has 0 aromatic carbocycles. The monoisotopic (exact) mass is 275 g/mol. The highest BCUT2D eigenvalue weighted by Gasteiger charge is 2.26. The molecule has 1 saturated heterocycles. The molecule has 1 atom stereocenters. The number of nitrogens with two attached hydrogens (primary N) is 1. The largest absolute Gasteiger partial charge is 0.360 e. The Morgan fingerprint density at radius 2 is 2.53 bits per heavy atom. The summed E-state index contributed by atoms with van der Waals surface area (Å²) >= 11 is 1.35. The van der Waals surface area contributed by atoms with Gasteiger partial charge in [-0.2, -0.15) is 5.26 Å². The minimum atomic E-state index is -0.545. The molecule has 19 heavy (non-hydrogen) atoms. The lowest BCUT2D eigenvalue weighted by Crippen LogP contribution is -2.45. The Kier molecular flexibility index (Phi) is 4.53. The number of carbonyl (C=O) groups excluding carboxylic acids is 1. The molecule has 0 bridgehead atoms. The highest BCUT2D eigenvalue weighted by Crippen LogP contribution is 2.19. The normalized spacial score (nSPS) is 18.3. The molecular weight excluding hydrogens is 262 g/mol. The summed E-state index contributed by atoms with van der Waals surface area (Å²) in [6, 6.07) is 3.83. The molecule has 6 heteroatoms. The van der Waals surface area contributed by atoms with Gasteiger partial charge in [0.05, 0.1) is 25.8 Å². The van der Waals surface area contributed by atoms with E-state index in [1.807, 2.05) is 17.5 Å². The molecular formula is C13H13N3O2S. The second kappa shape index (κ2) is 6.35. The van der Waals surface area contributed by atoms with Gasteiger partial charge in [0.2, 0.25) is 0 Å². The number of rotatable bonds is 1. The first kappa shape index (κ1) is 13.6. The van der Waals surface area contributed by atoms with Gasteiger partial charge in [-0.25, -0.2) is 0 Å². The molecule has 0 aliphatic carbocycles. The summed E-state index contributed by atoms with van der Waals surface area (Å²) < 4.78 is 5.22. The minimum absolute atomic E-state index is 0.0973. The van der Waals surface area contributed by atoms with Gasteiger partial charge in [0.1, 0.15) is 4.88 Å². The van der Waals surface area contributed by atoms with E-state index in [4.69, 9.17) is 15.7 Å². The Morgan fingerprint density at radius 3 is 3.26 bits per heavy atom. The fourth-order valence-corrected chi connectivity index (χ4v) is 2.59. The highest BCUT2D eigenvalue weighted by molar-refractivity contribution is 7.12. The Morgan fingerprint density at radius 1 is 1.68 bits per heavy atom. The number of amides is 1. The zero-order valence-electron chi connectivity index (χ0n) is 10.3. The van der Waals surface area contributed by atoms with Crippen LogP contribution < -0.4 is 5.73 Å². The second-order valence-corrected chi connectivity index (χ2v) is 4.83. The van der Waals surface area contributed by atoms with Gasteiger partial charge in [0, 0.05) is 12.1 Å². The topological polar surface area (TPSA) is 79.4 Å². The van der Waals surface area contributed by atoms with E-state index in [2.05, 4.69) is 11.8 Å². The van der Waals surface area contributed by atoms with Gasteiger partial charge in [-0.15, -0.1) is 11.3 Å². The number of hydrogen-bond donors (Lipinski definition) is 1. The third kappa shape index (κ3) is 3.12. The van der Waals surface area contributed by atoms with Crippen molar-refractivity contribution < 1.29 is 9.53 Å². The van der Waals surface area contributed by atoms with E-state index in [-0.39, 0.29) is 12.5 Å². The van der Waals surface area contributed by atoms with Gasteiger partial charge >= 0.3 is 0 Å². The molecule has 1 amide bonds. The molecule has 1 aliphatic heterocycles. The van der Waals surface area contributed by atoms with E-state index in [9.17, 15) is 4.79 Å². The zero-order chi connectivity index (χ0) is 13.7. The number of ether oxygens (including phenoxy) is 1. The van der Waals surface area contributed by atoms with Crippen molar-refractivity contribution in [2.75, 3.05) is 26.2 Å². The Balaban J connectivity index is 2.16. The molecule has 1 aliphatic rings. The number of thiophene rings is 1. The van der Waals surface area contributed by atoms with Crippen molar-refractivity contribution in [3.8, 4) is 17.9 Å². The Labute approximate surface area is 115 Å². The number of nitrogens with zero attached hydrogens (tertiary/aromatic N) is 2. The standard InChI is InChI=1S/C13H13N3O2S/c14-4-1-2-10-3-7-19-12(10)13(17)16-5-6-18-11(8-15)9-16/h3,7,11H,4-6,9,14H2. The van der Waals surface area contributed by atoms with E-state index < -0.39 is 6.10 Å². The molecule has 1 fully saturated rings. The van der Waals surface area contributed by atoms with Crippen LogP contribution in [0.3, 0.4) is 0 Å². The fraction of sp³-hybridized carbons (Fsp3) is 0.385. The van der Waals surface area contributed by atoms with Crippen molar-refractivity contribution in [2.45, 2.75) is 6.10 Å². The van der Waals surface area contributed by atoms with Crippen LogP contribution >= 0.6 is 11.3 Å². The van der Waals surface area contributed by atoms with Crippen LogP contribution in [0, 0.1) is 23.2 Å². The van der Waals surface area contributed by atoms with Gasteiger partial charge in [-0.3, -0.25) is 4.79 Å². The number of nitriles is 1. The molecule has 0 spiro atoms. The van der Waals surface area contributed by atoms with E-state index in [1.165, 1.54) is 11.3 Å². The summed E-state index contributed by atoms with van der Waals surface area (Å²) in [5, 5.41) is 10.7. The summed E-state index contributed by atoms with van der Waals surface area (Å²) in [5.74, 6) is 5.54. The molecule has 2 heterocycles. The van der Waals surface area contributed by atoms with Crippen molar-refractivity contribution >= 4 is 17.2 Å². The zero-order valence-corrected chi connectivity index (χ0v) is 11.1. The number of morpholine rings is 1. The third-order valence-electron chi connectivity index (χ3n) is 2.68. The van der Waals surface area contributed by atoms with Crippen molar-refractivity contribution in [3.63, 3.8) is 0 Å². The first-order valence-corrected chi connectivity index (χ1v) is 6.71. The summed E-state index contributed by atoms with van der Waals surface area (Å²) in [7, 11) is 0. The van der Waals surface area contributed by atoms with Crippen LogP contribution in [0.15, 0.2) is 11.4 Å². The van der Waals surface area contributed by atoms with Crippen LogP contribution in [0.25, 0.3) is 0 Å². The SMILES string of the molecule is N#CC1CN(C(=O)c2sccc2C#CCN)CCO1. The van der Waals surface area contributed by atoms with Gasteiger partial charge in [-0.1, -0.05) is 11.8 Å².